The smallest absolute Gasteiger partial charge is 0.0522 e. The van der Waals surface area contributed by atoms with Crippen molar-refractivity contribution in [3.63, 3.8) is 0 Å². The van der Waals surface area contributed by atoms with Crippen molar-refractivity contribution in [3.05, 3.63) is 40.3 Å². The van der Waals surface area contributed by atoms with E-state index in [2.05, 4.69) is 34.1 Å². The highest BCUT2D eigenvalue weighted by molar-refractivity contribution is 7.10. The standard InChI is InChI=1S/C16H23N3S/c1-19-12-13(11-18-19)8-9-17-16(14-5-2-3-6-14)15-7-4-10-20-15/h4,7,10-12,14,16-17H,2-3,5-6,8-9H2,1H3. The first kappa shape index (κ1) is 13.8. The maximum atomic E-state index is 4.23. The quantitative estimate of drug-likeness (QED) is 0.881. The molecule has 1 aliphatic rings. The van der Waals surface area contributed by atoms with E-state index in [4.69, 9.17) is 0 Å². The summed E-state index contributed by atoms with van der Waals surface area (Å²) in [5.74, 6) is 0.822. The van der Waals surface area contributed by atoms with Crippen molar-refractivity contribution in [3.8, 4) is 0 Å². The number of nitrogens with one attached hydrogen (secondary N) is 1. The summed E-state index contributed by atoms with van der Waals surface area (Å²) in [7, 11) is 1.98. The SMILES string of the molecule is Cn1cc(CCNC(c2cccs2)C2CCCC2)cn1. The molecule has 1 aliphatic carbocycles. The van der Waals surface area contributed by atoms with Gasteiger partial charge in [-0.25, -0.2) is 0 Å². The molecule has 1 N–H and O–H groups in total. The predicted molar refractivity (Wildman–Crippen MR) is 83.9 cm³/mol. The van der Waals surface area contributed by atoms with Crippen molar-refractivity contribution < 1.29 is 0 Å². The molecule has 108 valence electrons. The van der Waals surface area contributed by atoms with Gasteiger partial charge in [-0.3, -0.25) is 4.68 Å². The highest BCUT2D eigenvalue weighted by Gasteiger charge is 2.26. The van der Waals surface area contributed by atoms with Crippen LogP contribution in [0.4, 0.5) is 0 Å². The molecule has 1 fully saturated rings. The second-order valence-electron chi connectivity index (χ2n) is 5.76. The summed E-state index contributed by atoms with van der Waals surface area (Å²) in [6.45, 7) is 1.03. The van der Waals surface area contributed by atoms with Crippen LogP contribution in [0.3, 0.4) is 0 Å². The molecule has 2 aromatic heterocycles. The van der Waals surface area contributed by atoms with Crippen molar-refractivity contribution in [1.29, 1.82) is 0 Å². The zero-order chi connectivity index (χ0) is 13.8. The van der Waals surface area contributed by atoms with Crippen molar-refractivity contribution in [2.75, 3.05) is 6.54 Å². The second kappa shape index (κ2) is 6.55. The third-order valence-electron chi connectivity index (χ3n) is 4.26. The van der Waals surface area contributed by atoms with Crippen LogP contribution in [0, 0.1) is 5.92 Å². The Morgan fingerprint density at radius 2 is 2.30 bits per heavy atom. The number of aromatic nitrogens is 2. The number of hydrogen-bond donors (Lipinski definition) is 1. The van der Waals surface area contributed by atoms with Gasteiger partial charge in [0.1, 0.15) is 0 Å². The van der Waals surface area contributed by atoms with Gasteiger partial charge in [0.05, 0.1) is 6.20 Å². The van der Waals surface area contributed by atoms with E-state index in [-0.39, 0.29) is 0 Å². The molecule has 0 spiro atoms. The van der Waals surface area contributed by atoms with E-state index in [1.165, 1.54) is 36.1 Å². The molecule has 1 unspecified atom stereocenters. The molecular formula is C16H23N3S. The van der Waals surface area contributed by atoms with Crippen LogP contribution in [0.2, 0.25) is 0 Å². The van der Waals surface area contributed by atoms with Gasteiger partial charge in [-0.05, 0) is 48.7 Å². The molecule has 0 bridgehead atoms. The summed E-state index contributed by atoms with van der Waals surface area (Å²) < 4.78 is 1.88. The first-order valence-corrected chi connectivity index (χ1v) is 8.45. The van der Waals surface area contributed by atoms with E-state index in [1.807, 2.05) is 29.3 Å². The number of aryl methyl sites for hydroxylation is 1. The summed E-state index contributed by atoms with van der Waals surface area (Å²) in [6, 6.07) is 5.00. The van der Waals surface area contributed by atoms with Crippen LogP contribution >= 0.6 is 11.3 Å². The third-order valence-corrected chi connectivity index (χ3v) is 5.21. The summed E-state index contributed by atoms with van der Waals surface area (Å²) in [5.41, 5.74) is 1.32. The zero-order valence-corrected chi connectivity index (χ0v) is 12.9. The van der Waals surface area contributed by atoms with E-state index in [9.17, 15) is 0 Å². The van der Waals surface area contributed by atoms with Crippen molar-refractivity contribution >= 4 is 11.3 Å². The summed E-state index contributed by atoms with van der Waals surface area (Å²) in [6.07, 6.45) is 10.7. The number of thiophene rings is 1. The highest BCUT2D eigenvalue weighted by Crippen LogP contribution is 2.37. The summed E-state index contributed by atoms with van der Waals surface area (Å²) in [5, 5.41) is 10.2. The zero-order valence-electron chi connectivity index (χ0n) is 12.1. The van der Waals surface area contributed by atoms with Gasteiger partial charge in [-0.1, -0.05) is 18.9 Å². The Morgan fingerprint density at radius 3 is 2.95 bits per heavy atom. The Bertz CT molecular complexity index is 512. The Morgan fingerprint density at radius 1 is 1.45 bits per heavy atom. The van der Waals surface area contributed by atoms with E-state index in [1.54, 1.807) is 0 Å². The topological polar surface area (TPSA) is 29.9 Å². The number of nitrogens with zero attached hydrogens (tertiary/aromatic N) is 2. The molecule has 0 aromatic carbocycles. The number of hydrogen-bond acceptors (Lipinski definition) is 3. The van der Waals surface area contributed by atoms with Gasteiger partial charge in [-0.15, -0.1) is 11.3 Å². The Balaban J connectivity index is 1.58. The highest BCUT2D eigenvalue weighted by atomic mass is 32.1. The van der Waals surface area contributed by atoms with Crippen LogP contribution < -0.4 is 5.32 Å². The molecule has 1 saturated carbocycles. The normalized spacial score (nSPS) is 17.6. The van der Waals surface area contributed by atoms with Gasteiger partial charge < -0.3 is 5.32 Å². The Hall–Kier alpha value is -1.13. The Kier molecular flexibility index (Phi) is 4.53. The molecule has 0 aliphatic heterocycles. The molecule has 3 rings (SSSR count). The lowest BCUT2D eigenvalue weighted by molar-refractivity contribution is 0.374. The molecule has 20 heavy (non-hydrogen) atoms. The van der Waals surface area contributed by atoms with Crippen LogP contribution in [-0.4, -0.2) is 16.3 Å². The van der Waals surface area contributed by atoms with Gasteiger partial charge >= 0.3 is 0 Å². The maximum absolute atomic E-state index is 4.23. The lowest BCUT2D eigenvalue weighted by Gasteiger charge is -2.23. The lowest BCUT2D eigenvalue weighted by Crippen LogP contribution is -2.28. The van der Waals surface area contributed by atoms with Crippen LogP contribution in [0.5, 0.6) is 0 Å². The van der Waals surface area contributed by atoms with E-state index in [0.29, 0.717) is 6.04 Å². The molecule has 4 heteroatoms. The fourth-order valence-corrected chi connectivity index (χ4v) is 4.13. The second-order valence-corrected chi connectivity index (χ2v) is 6.74. The predicted octanol–water partition coefficient (Wildman–Crippen LogP) is 3.55. The molecule has 2 aromatic rings. The fraction of sp³-hybridized carbons (Fsp3) is 0.562. The maximum Gasteiger partial charge on any atom is 0.0522 e. The molecule has 3 nitrogen and oxygen atoms in total. The molecule has 2 heterocycles. The minimum Gasteiger partial charge on any atom is -0.309 e. The van der Waals surface area contributed by atoms with Crippen molar-refractivity contribution in [2.24, 2.45) is 13.0 Å². The van der Waals surface area contributed by atoms with E-state index < -0.39 is 0 Å². The molecule has 0 radical (unpaired) electrons. The molecule has 0 amide bonds. The summed E-state index contributed by atoms with van der Waals surface area (Å²) in [4.78, 5) is 1.50. The van der Waals surface area contributed by atoms with Crippen LogP contribution in [-0.2, 0) is 13.5 Å². The molecular weight excluding hydrogens is 266 g/mol. The average molecular weight is 289 g/mol. The van der Waals surface area contributed by atoms with Crippen LogP contribution in [0.15, 0.2) is 29.9 Å². The first-order valence-electron chi connectivity index (χ1n) is 7.57. The third kappa shape index (κ3) is 3.30. The number of rotatable bonds is 6. The van der Waals surface area contributed by atoms with Crippen molar-refractivity contribution in [1.82, 2.24) is 15.1 Å². The monoisotopic (exact) mass is 289 g/mol. The minimum absolute atomic E-state index is 0.550. The van der Waals surface area contributed by atoms with E-state index >= 15 is 0 Å². The van der Waals surface area contributed by atoms with Crippen LogP contribution in [0.25, 0.3) is 0 Å². The molecule has 0 saturated heterocycles. The van der Waals surface area contributed by atoms with E-state index in [0.717, 1.165) is 18.9 Å². The van der Waals surface area contributed by atoms with Gasteiger partial charge in [0, 0.05) is 24.2 Å². The average Bonchev–Trinajstić information content (AvgIpc) is 3.18. The van der Waals surface area contributed by atoms with Crippen LogP contribution in [0.1, 0.15) is 42.2 Å². The van der Waals surface area contributed by atoms with Gasteiger partial charge in [0.25, 0.3) is 0 Å². The Labute approximate surface area is 125 Å². The van der Waals surface area contributed by atoms with Gasteiger partial charge in [-0.2, -0.15) is 5.10 Å². The van der Waals surface area contributed by atoms with Gasteiger partial charge in [0.15, 0.2) is 0 Å². The van der Waals surface area contributed by atoms with Gasteiger partial charge in [0.2, 0.25) is 0 Å². The first-order chi connectivity index (χ1) is 9.83. The lowest BCUT2D eigenvalue weighted by atomic mass is 9.96. The molecule has 1 atom stereocenters. The minimum atomic E-state index is 0.550. The largest absolute Gasteiger partial charge is 0.309 e. The fourth-order valence-electron chi connectivity index (χ4n) is 3.23. The van der Waals surface area contributed by atoms with Crippen molar-refractivity contribution in [2.45, 2.75) is 38.1 Å². The summed E-state index contributed by atoms with van der Waals surface area (Å²) >= 11 is 1.89.